The van der Waals surface area contributed by atoms with Gasteiger partial charge in [0.1, 0.15) is 0 Å². The lowest BCUT2D eigenvalue weighted by atomic mass is 10.1. The fourth-order valence-electron chi connectivity index (χ4n) is 2.22. The van der Waals surface area contributed by atoms with Crippen LogP contribution < -0.4 is 5.32 Å². The molecular weight excluding hydrogens is 304 g/mol. The van der Waals surface area contributed by atoms with E-state index in [9.17, 15) is 13.6 Å². The van der Waals surface area contributed by atoms with Crippen LogP contribution in [0.15, 0.2) is 18.2 Å². The summed E-state index contributed by atoms with van der Waals surface area (Å²) in [6.45, 7) is 0.491. The Morgan fingerprint density at radius 2 is 2.17 bits per heavy atom. The molecule has 1 aliphatic carbocycles. The maximum atomic E-state index is 13.4. The number of hydrogen-bond acceptors (Lipinski definition) is 1. The third-order valence-electron chi connectivity index (χ3n) is 3.29. The molecular formula is C13H14BrF2NO. The number of carbonyl (C=O) groups is 1. The summed E-state index contributed by atoms with van der Waals surface area (Å²) < 4.78 is 26.4. The van der Waals surface area contributed by atoms with Crippen molar-refractivity contribution in [3.63, 3.8) is 0 Å². The monoisotopic (exact) mass is 317 g/mol. The van der Waals surface area contributed by atoms with E-state index in [1.807, 2.05) is 0 Å². The third-order valence-corrected chi connectivity index (χ3v) is 4.49. The van der Waals surface area contributed by atoms with E-state index in [1.165, 1.54) is 12.1 Å². The molecule has 1 saturated carbocycles. The van der Waals surface area contributed by atoms with E-state index in [0.717, 1.165) is 25.3 Å². The Morgan fingerprint density at radius 1 is 1.39 bits per heavy atom. The molecule has 2 rings (SSSR count). The van der Waals surface area contributed by atoms with Crippen molar-refractivity contribution in [2.24, 2.45) is 5.92 Å². The summed E-state index contributed by atoms with van der Waals surface area (Å²) in [6, 6.07) is 3.61. The van der Waals surface area contributed by atoms with Gasteiger partial charge in [0.2, 0.25) is 0 Å². The number of halogens is 3. The second kappa shape index (κ2) is 5.78. The highest BCUT2D eigenvalue weighted by atomic mass is 79.9. The molecule has 0 spiro atoms. The van der Waals surface area contributed by atoms with Gasteiger partial charge >= 0.3 is 0 Å². The predicted octanol–water partition coefficient (Wildman–Crippen LogP) is 3.26. The molecule has 0 saturated heterocycles. The fourth-order valence-corrected chi connectivity index (χ4v) is 2.99. The Labute approximate surface area is 113 Å². The molecule has 1 fully saturated rings. The van der Waals surface area contributed by atoms with Gasteiger partial charge in [0.05, 0.1) is 5.56 Å². The highest BCUT2D eigenvalue weighted by molar-refractivity contribution is 9.09. The van der Waals surface area contributed by atoms with Gasteiger partial charge in [-0.05, 0) is 30.9 Å². The Morgan fingerprint density at radius 3 is 2.83 bits per heavy atom. The Hall–Kier alpha value is -0.970. The molecule has 0 aromatic heterocycles. The van der Waals surface area contributed by atoms with Crippen LogP contribution in [-0.4, -0.2) is 17.3 Å². The van der Waals surface area contributed by atoms with Crippen LogP contribution in [0.25, 0.3) is 0 Å². The van der Waals surface area contributed by atoms with E-state index < -0.39 is 17.5 Å². The molecule has 5 heteroatoms. The number of nitrogens with one attached hydrogen (secondary N) is 1. The van der Waals surface area contributed by atoms with E-state index in [1.54, 1.807) is 0 Å². The van der Waals surface area contributed by atoms with E-state index in [2.05, 4.69) is 21.2 Å². The zero-order chi connectivity index (χ0) is 13.1. The van der Waals surface area contributed by atoms with E-state index in [0.29, 0.717) is 17.3 Å². The second-order valence-electron chi connectivity index (χ2n) is 4.52. The van der Waals surface area contributed by atoms with Gasteiger partial charge in [0.25, 0.3) is 5.91 Å². The number of alkyl halides is 1. The number of benzene rings is 1. The predicted molar refractivity (Wildman–Crippen MR) is 68.7 cm³/mol. The number of hydrogen-bond donors (Lipinski definition) is 1. The Balaban J connectivity index is 1.97. The van der Waals surface area contributed by atoms with Gasteiger partial charge in [0.15, 0.2) is 11.6 Å². The first kappa shape index (κ1) is 13.5. The summed E-state index contributed by atoms with van der Waals surface area (Å²) in [4.78, 5) is 12.1. The molecule has 1 amide bonds. The fraction of sp³-hybridized carbons (Fsp3) is 0.462. The van der Waals surface area contributed by atoms with Crippen LogP contribution in [0.4, 0.5) is 8.78 Å². The molecule has 0 aliphatic heterocycles. The van der Waals surface area contributed by atoms with Gasteiger partial charge in [-0.15, -0.1) is 0 Å². The largest absolute Gasteiger partial charge is 0.352 e. The molecule has 18 heavy (non-hydrogen) atoms. The van der Waals surface area contributed by atoms with Crippen LogP contribution in [0.1, 0.15) is 29.6 Å². The molecule has 1 aromatic carbocycles. The van der Waals surface area contributed by atoms with Crippen molar-refractivity contribution in [3.05, 3.63) is 35.4 Å². The molecule has 2 nitrogen and oxygen atoms in total. The number of rotatable bonds is 3. The van der Waals surface area contributed by atoms with Gasteiger partial charge < -0.3 is 5.32 Å². The van der Waals surface area contributed by atoms with E-state index in [-0.39, 0.29) is 5.56 Å². The lowest BCUT2D eigenvalue weighted by Gasteiger charge is -2.14. The topological polar surface area (TPSA) is 29.1 Å². The van der Waals surface area contributed by atoms with Gasteiger partial charge in [-0.3, -0.25) is 4.79 Å². The van der Waals surface area contributed by atoms with Crippen molar-refractivity contribution < 1.29 is 13.6 Å². The zero-order valence-corrected chi connectivity index (χ0v) is 11.3. The summed E-state index contributed by atoms with van der Waals surface area (Å²) in [5.74, 6) is -2.28. The molecule has 0 heterocycles. The molecule has 1 N–H and O–H groups in total. The maximum absolute atomic E-state index is 13.4. The van der Waals surface area contributed by atoms with Crippen LogP contribution in [0.5, 0.6) is 0 Å². The first-order valence-electron chi connectivity index (χ1n) is 5.96. The molecule has 1 aromatic rings. The minimum atomic E-state index is -1.09. The summed E-state index contributed by atoms with van der Waals surface area (Å²) >= 11 is 3.55. The van der Waals surface area contributed by atoms with Crippen LogP contribution in [0, 0.1) is 17.6 Å². The summed E-state index contributed by atoms with van der Waals surface area (Å²) in [6.07, 6.45) is 3.27. The number of amides is 1. The van der Waals surface area contributed by atoms with Crippen LogP contribution in [0.3, 0.4) is 0 Å². The van der Waals surface area contributed by atoms with Crippen molar-refractivity contribution in [1.29, 1.82) is 0 Å². The molecule has 2 unspecified atom stereocenters. The molecule has 98 valence electrons. The second-order valence-corrected chi connectivity index (χ2v) is 5.69. The quantitative estimate of drug-likeness (QED) is 0.852. The van der Waals surface area contributed by atoms with E-state index in [4.69, 9.17) is 0 Å². The molecule has 1 aliphatic rings. The van der Waals surface area contributed by atoms with Crippen molar-refractivity contribution in [1.82, 2.24) is 5.32 Å². The number of carbonyl (C=O) groups excluding carboxylic acids is 1. The van der Waals surface area contributed by atoms with Crippen LogP contribution in [0.2, 0.25) is 0 Å². The third kappa shape index (κ3) is 2.88. The van der Waals surface area contributed by atoms with Crippen molar-refractivity contribution in [2.75, 3.05) is 6.54 Å². The molecule has 0 bridgehead atoms. The van der Waals surface area contributed by atoms with Crippen molar-refractivity contribution >= 4 is 21.8 Å². The minimum absolute atomic E-state index is 0.237. The van der Waals surface area contributed by atoms with Crippen LogP contribution in [-0.2, 0) is 0 Å². The molecule has 0 radical (unpaired) electrons. The van der Waals surface area contributed by atoms with Gasteiger partial charge in [-0.25, -0.2) is 8.78 Å². The summed E-state index contributed by atoms with van der Waals surface area (Å²) in [5, 5.41) is 2.66. The van der Waals surface area contributed by atoms with Gasteiger partial charge in [-0.2, -0.15) is 0 Å². The van der Waals surface area contributed by atoms with Crippen LogP contribution >= 0.6 is 15.9 Å². The SMILES string of the molecule is O=C(NCC1CCCC1Br)c1cccc(F)c1F. The van der Waals surface area contributed by atoms with Gasteiger partial charge in [0, 0.05) is 11.4 Å². The van der Waals surface area contributed by atoms with E-state index >= 15 is 0 Å². The zero-order valence-electron chi connectivity index (χ0n) is 9.76. The standard InChI is InChI=1S/C13H14BrF2NO/c14-10-5-1-3-8(10)7-17-13(18)9-4-2-6-11(15)12(9)16/h2,4,6,8,10H,1,3,5,7H2,(H,17,18). The van der Waals surface area contributed by atoms with Crippen molar-refractivity contribution in [2.45, 2.75) is 24.1 Å². The Kier molecular flexibility index (Phi) is 4.32. The first-order chi connectivity index (χ1) is 8.59. The highest BCUT2D eigenvalue weighted by Crippen LogP contribution is 2.30. The average molecular weight is 318 g/mol. The minimum Gasteiger partial charge on any atom is -0.352 e. The Bertz CT molecular complexity index is 453. The highest BCUT2D eigenvalue weighted by Gasteiger charge is 2.25. The maximum Gasteiger partial charge on any atom is 0.254 e. The molecule has 2 atom stereocenters. The van der Waals surface area contributed by atoms with Crippen molar-refractivity contribution in [3.8, 4) is 0 Å². The lowest BCUT2D eigenvalue weighted by Crippen LogP contribution is -2.31. The first-order valence-corrected chi connectivity index (χ1v) is 6.87. The lowest BCUT2D eigenvalue weighted by molar-refractivity contribution is 0.0942. The smallest absolute Gasteiger partial charge is 0.254 e. The van der Waals surface area contributed by atoms with Gasteiger partial charge in [-0.1, -0.05) is 28.4 Å². The summed E-state index contributed by atoms with van der Waals surface area (Å²) in [7, 11) is 0. The summed E-state index contributed by atoms with van der Waals surface area (Å²) in [5.41, 5.74) is -0.237. The normalized spacial score (nSPS) is 23.1. The average Bonchev–Trinajstić information content (AvgIpc) is 2.75.